The summed E-state index contributed by atoms with van der Waals surface area (Å²) in [5.41, 5.74) is 10.1. The molecule has 6 aliphatic carbocycles. The Morgan fingerprint density at radius 1 is 0.692 bits per heavy atom. The molecule has 3 heteroatoms. The van der Waals surface area contributed by atoms with Crippen molar-refractivity contribution in [3.05, 3.63) is 117 Å². The first kappa shape index (κ1) is 27.6. The fourth-order valence-electron chi connectivity index (χ4n) is 9.46. The predicted molar refractivity (Wildman–Crippen MR) is 151 cm³/mol. The molecule has 0 radical (unpaired) electrons. The quantitative estimate of drug-likeness (QED) is 0.407. The molecule has 39 heavy (non-hydrogen) atoms. The first-order valence-corrected chi connectivity index (χ1v) is 18.7. The molecule has 4 fully saturated rings. The van der Waals surface area contributed by atoms with Crippen LogP contribution in [0.25, 0.3) is 11.1 Å². The van der Waals surface area contributed by atoms with Crippen LogP contribution in [0, 0.1) is 23.2 Å². The molecule has 0 heterocycles. The molecule has 0 saturated heterocycles. The van der Waals surface area contributed by atoms with Crippen molar-refractivity contribution in [1.82, 2.24) is 0 Å². The van der Waals surface area contributed by atoms with E-state index in [4.69, 9.17) is 0 Å². The van der Waals surface area contributed by atoms with Crippen molar-refractivity contribution < 1.29 is 46.1 Å². The van der Waals surface area contributed by atoms with Gasteiger partial charge in [0.05, 0.1) is 0 Å². The molecule has 0 unspecified atom stereocenters. The molecule has 198 valence electrons. The topological polar surface area (TPSA) is 0 Å². The Labute approximate surface area is 254 Å². The van der Waals surface area contributed by atoms with E-state index in [1.165, 1.54) is 61.6 Å². The first-order valence-electron chi connectivity index (χ1n) is 14.6. The van der Waals surface area contributed by atoms with Gasteiger partial charge in [-0.15, -0.1) is 0 Å². The number of allylic oxidation sites excluding steroid dienone is 4. The third kappa shape index (κ3) is 4.66. The summed E-state index contributed by atoms with van der Waals surface area (Å²) in [7, 11) is 0. The second kappa shape index (κ2) is 11.0. The van der Waals surface area contributed by atoms with Crippen LogP contribution in [0.3, 0.4) is 0 Å². The molecular weight excluding hydrogens is 595 g/mol. The number of halogens is 2. The van der Waals surface area contributed by atoms with E-state index < -0.39 is 21.3 Å². The third-order valence-electron chi connectivity index (χ3n) is 10.4. The maximum absolute atomic E-state index is 2.89. The molecule has 3 aromatic rings. The van der Waals surface area contributed by atoms with Gasteiger partial charge in [0.25, 0.3) is 0 Å². The van der Waals surface area contributed by atoms with Crippen LogP contribution in [-0.2, 0) is 27.7 Å². The molecule has 4 saturated carbocycles. The van der Waals surface area contributed by atoms with Crippen LogP contribution in [0.4, 0.5) is 0 Å². The van der Waals surface area contributed by atoms with E-state index in [0.29, 0.717) is 9.04 Å². The summed E-state index contributed by atoms with van der Waals surface area (Å²) >= 11 is -2.27. The zero-order chi connectivity index (χ0) is 24.4. The Bertz CT molecular complexity index is 1380. The second-order valence-corrected chi connectivity index (χ2v) is 18.8. The fraction of sp³-hybridized carbons (Fsp3) is 0.361. The molecule has 0 spiro atoms. The van der Waals surface area contributed by atoms with Crippen LogP contribution in [0.2, 0.25) is 0 Å². The molecule has 0 atom stereocenters. The number of rotatable bonds is 5. The Balaban J connectivity index is 0.00000138. The van der Waals surface area contributed by atoms with Gasteiger partial charge in [-0.05, 0) is 0 Å². The summed E-state index contributed by atoms with van der Waals surface area (Å²) in [6.45, 7) is 0. The van der Waals surface area contributed by atoms with Gasteiger partial charge in [0.2, 0.25) is 0 Å². The van der Waals surface area contributed by atoms with Gasteiger partial charge in [-0.3, -0.25) is 0 Å². The van der Waals surface area contributed by atoms with Crippen molar-refractivity contribution in [2.75, 3.05) is 0 Å². The molecule has 4 bridgehead atoms. The molecule has 0 amide bonds. The van der Waals surface area contributed by atoms with Crippen LogP contribution in [0.5, 0.6) is 0 Å². The van der Waals surface area contributed by atoms with Crippen molar-refractivity contribution >= 4 is 3.71 Å². The zero-order valence-electron chi connectivity index (χ0n) is 22.5. The smallest absolute Gasteiger partial charge is 1.00 e. The van der Waals surface area contributed by atoms with Gasteiger partial charge in [0.1, 0.15) is 0 Å². The van der Waals surface area contributed by atoms with Gasteiger partial charge < -0.3 is 24.8 Å². The van der Waals surface area contributed by atoms with Gasteiger partial charge in [0, 0.05) is 0 Å². The SMILES string of the molecule is C1=CC(C23CC4CC(CC(C4)C2)C3)=[C](/[Zr+2](=[CH]/Cc2ccccc2)[CH]2c3ccccc3-c3ccccc32)C1.[Cl-].[Cl-]. The number of hydrogen-bond donors (Lipinski definition) is 0. The third-order valence-corrected chi connectivity index (χ3v) is 18.0. The standard InChI is InChI=1S/C15H19.C13H9.C8H8.2ClH.Zr/c1-2-4-14(3-1)15-8-11-5-12(9-15)7-13(6-11)10-15;1-3-7-12-10(5-1)9-11-6-2-4-8-13(11)12;1-2-8-6-4-3-5-7-8;;;/h1,3,11-13H,2,5-10H2;1-9H;1,3-7H,2H2;2*1H;/q;;;;;+2/p-2. The van der Waals surface area contributed by atoms with Crippen LogP contribution in [-0.4, -0.2) is 3.71 Å². The van der Waals surface area contributed by atoms with E-state index >= 15 is 0 Å². The minimum absolute atomic E-state index is 0. The van der Waals surface area contributed by atoms with Crippen LogP contribution in [0.1, 0.15) is 65.3 Å². The summed E-state index contributed by atoms with van der Waals surface area (Å²) in [6, 6.07) is 30.0. The number of fused-ring (bicyclic) bond motifs is 3. The molecule has 0 N–H and O–H groups in total. The maximum atomic E-state index is 2.89. The van der Waals surface area contributed by atoms with Crippen molar-refractivity contribution in [2.24, 2.45) is 23.2 Å². The Kier molecular flexibility index (Phi) is 7.82. The Morgan fingerprint density at radius 2 is 1.23 bits per heavy atom. The van der Waals surface area contributed by atoms with Gasteiger partial charge in [-0.25, -0.2) is 0 Å². The van der Waals surface area contributed by atoms with Gasteiger partial charge >= 0.3 is 231 Å². The molecule has 9 rings (SSSR count). The Morgan fingerprint density at radius 3 is 1.82 bits per heavy atom. The van der Waals surface area contributed by atoms with E-state index in [9.17, 15) is 0 Å². The normalized spacial score (nSPS) is 27.7. The van der Waals surface area contributed by atoms with E-state index in [2.05, 4.69) is 94.7 Å². The largest absolute Gasteiger partial charge is 1.00 e. The minimum Gasteiger partial charge on any atom is -1.00 e. The fourth-order valence-corrected chi connectivity index (χ4v) is 18.0. The van der Waals surface area contributed by atoms with Crippen molar-refractivity contribution in [2.45, 2.75) is 55.0 Å². The average Bonchev–Trinajstić information content (AvgIpc) is 3.54. The molecule has 3 aromatic carbocycles. The summed E-state index contributed by atoms with van der Waals surface area (Å²) in [5, 5.41) is 0. The van der Waals surface area contributed by atoms with Crippen LogP contribution < -0.4 is 24.8 Å². The minimum atomic E-state index is -2.27. The summed E-state index contributed by atoms with van der Waals surface area (Å²) in [4.78, 5) is 0. The van der Waals surface area contributed by atoms with Crippen molar-refractivity contribution in [3.8, 4) is 11.1 Å². The molecule has 6 aliphatic rings. The zero-order valence-corrected chi connectivity index (χ0v) is 26.4. The average molecular weight is 631 g/mol. The molecule has 0 aromatic heterocycles. The first-order chi connectivity index (χ1) is 18.3. The second-order valence-electron chi connectivity index (χ2n) is 12.7. The number of hydrogen-bond acceptors (Lipinski definition) is 0. The predicted octanol–water partition coefficient (Wildman–Crippen LogP) is 2.86. The van der Waals surface area contributed by atoms with Crippen LogP contribution in [0.15, 0.2) is 99.9 Å². The summed E-state index contributed by atoms with van der Waals surface area (Å²) in [5.74, 6) is 3.01. The van der Waals surface area contributed by atoms with Gasteiger partial charge in [-0.1, -0.05) is 0 Å². The van der Waals surface area contributed by atoms with E-state index in [1.54, 1.807) is 11.1 Å². The summed E-state index contributed by atoms with van der Waals surface area (Å²) in [6.07, 6.45) is 16.6. The number of benzene rings is 3. The summed E-state index contributed by atoms with van der Waals surface area (Å²) < 4.78 is 5.44. The molecule has 0 aliphatic heterocycles. The monoisotopic (exact) mass is 628 g/mol. The van der Waals surface area contributed by atoms with Crippen molar-refractivity contribution in [3.63, 3.8) is 0 Å². The van der Waals surface area contributed by atoms with Gasteiger partial charge in [0.15, 0.2) is 0 Å². The van der Waals surface area contributed by atoms with Gasteiger partial charge in [-0.2, -0.15) is 0 Å². The van der Waals surface area contributed by atoms with Crippen molar-refractivity contribution in [1.29, 1.82) is 0 Å². The Hall–Kier alpha value is -1.53. The molecular formula is C36H36Cl2Zr. The maximum Gasteiger partial charge on any atom is -1.00 e. The van der Waals surface area contributed by atoms with Crippen LogP contribution >= 0.6 is 0 Å². The van der Waals surface area contributed by atoms with E-state index in [1.807, 2.05) is 8.85 Å². The van der Waals surface area contributed by atoms with E-state index in [0.717, 1.165) is 24.2 Å². The molecule has 0 nitrogen and oxygen atoms in total. The van der Waals surface area contributed by atoms with E-state index in [-0.39, 0.29) is 24.8 Å².